The quantitative estimate of drug-likeness (QED) is 0.543. The maximum Gasteiger partial charge on any atom is 0.252 e. The molecule has 6 heteroatoms. The monoisotopic (exact) mass is 431 g/mol. The number of ether oxygens (including phenoxy) is 1. The molecular weight excluding hydrogens is 402 g/mol. The van der Waals surface area contributed by atoms with Gasteiger partial charge in [0.15, 0.2) is 0 Å². The Bertz CT molecular complexity index is 1020. The van der Waals surface area contributed by atoms with Crippen molar-refractivity contribution in [1.29, 1.82) is 0 Å². The third-order valence-electron chi connectivity index (χ3n) is 5.28. The second kappa shape index (κ2) is 11.1. The molecule has 0 aromatic heterocycles. The molecule has 0 aliphatic carbocycles. The Balaban J connectivity index is 1.77. The van der Waals surface area contributed by atoms with E-state index in [1.165, 1.54) is 0 Å². The van der Waals surface area contributed by atoms with E-state index in [4.69, 9.17) is 4.74 Å². The average molecular weight is 432 g/mol. The van der Waals surface area contributed by atoms with E-state index in [9.17, 15) is 9.59 Å². The van der Waals surface area contributed by atoms with Crippen molar-refractivity contribution in [2.45, 2.75) is 12.1 Å². The lowest BCUT2D eigenvalue weighted by molar-refractivity contribution is -0.123. The molecule has 2 unspecified atom stereocenters. The van der Waals surface area contributed by atoms with Crippen LogP contribution in [0.4, 0.5) is 0 Å². The van der Waals surface area contributed by atoms with E-state index in [0.717, 1.165) is 16.9 Å². The molecule has 166 valence electrons. The van der Waals surface area contributed by atoms with Crippen LogP contribution in [0.1, 0.15) is 33.6 Å². The Hall–Kier alpha value is -3.64. The van der Waals surface area contributed by atoms with Gasteiger partial charge in [0, 0.05) is 12.1 Å². The molecule has 0 fully saturated rings. The van der Waals surface area contributed by atoms with E-state index in [2.05, 4.69) is 10.6 Å². The number of hydrogen-bond acceptors (Lipinski definition) is 4. The van der Waals surface area contributed by atoms with Crippen molar-refractivity contribution < 1.29 is 14.3 Å². The third-order valence-corrected chi connectivity index (χ3v) is 5.28. The van der Waals surface area contributed by atoms with Crippen molar-refractivity contribution >= 4 is 11.8 Å². The summed E-state index contributed by atoms with van der Waals surface area (Å²) in [5.41, 5.74) is 2.25. The summed E-state index contributed by atoms with van der Waals surface area (Å²) in [5.74, 6) is 0.194. The van der Waals surface area contributed by atoms with Gasteiger partial charge in [-0.05, 0) is 49.5 Å². The molecule has 0 aliphatic rings. The molecule has 2 atom stereocenters. The van der Waals surface area contributed by atoms with Gasteiger partial charge in [-0.2, -0.15) is 0 Å². The topological polar surface area (TPSA) is 70.7 Å². The normalized spacial score (nSPS) is 12.6. The van der Waals surface area contributed by atoms with Gasteiger partial charge in [0.25, 0.3) is 5.91 Å². The minimum atomic E-state index is -0.808. The minimum absolute atomic E-state index is 0.0599. The molecule has 3 aromatic carbocycles. The highest BCUT2D eigenvalue weighted by Crippen LogP contribution is 2.22. The summed E-state index contributed by atoms with van der Waals surface area (Å²) in [6, 6.07) is 25.0. The largest absolute Gasteiger partial charge is 0.497 e. The van der Waals surface area contributed by atoms with E-state index in [1.807, 2.05) is 79.7 Å². The van der Waals surface area contributed by atoms with E-state index >= 15 is 0 Å². The highest BCUT2D eigenvalue weighted by Gasteiger charge is 2.25. The lowest BCUT2D eigenvalue weighted by Crippen LogP contribution is -2.43. The van der Waals surface area contributed by atoms with Gasteiger partial charge in [0.05, 0.1) is 13.2 Å². The summed E-state index contributed by atoms with van der Waals surface area (Å²) in [5, 5.41) is 5.90. The molecular formula is C26H29N3O3. The number of likely N-dealkylation sites (N-methyl/N-ethyl adjacent to an activating group) is 1. The van der Waals surface area contributed by atoms with Gasteiger partial charge < -0.3 is 20.3 Å². The van der Waals surface area contributed by atoms with Crippen molar-refractivity contribution in [3.63, 3.8) is 0 Å². The Morgan fingerprint density at radius 3 is 2.12 bits per heavy atom. The fraction of sp³-hybridized carbons (Fsp3) is 0.231. The van der Waals surface area contributed by atoms with Crippen LogP contribution in [0.15, 0.2) is 84.9 Å². The van der Waals surface area contributed by atoms with Crippen molar-refractivity contribution in [3.05, 3.63) is 102 Å². The first-order valence-electron chi connectivity index (χ1n) is 10.5. The van der Waals surface area contributed by atoms with E-state index < -0.39 is 6.04 Å². The van der Waals surface area contributed by atoms with Gasteiger partial charge >= 0.3 is 0 Å². The lowest BCUT2D eigenvalue weighted by atomic mass is 10.0. The molecule has 0 saturated heterocycles. The molecule has 32 heavy (non-hydrogen) atoms. The average Bonchev–Trinajstić information content (AvgIpc) is 2.83. The second-order valence-corrected chi connectivity index (χ2v) is 7.68. The van der Waals surface area contributed by atoms with Crippen molar-refractivity contribution in [3.8, 4) is 5.75 Å². The maximum atomic E-state index is 13.2. The standard InChI is InChI=1S/C26H29N3O3/c1-29(2)23(21-15-10-16-22(17-21)32-3)18-27-26(31)24(19-11-6-4-7-12-19)28-25(30)20-13-8-5-9-14-20/h4-17,23-24H,18H2,1-3H3,(H,27,31)(H,28,30). The molecule has 0 spiro atoms. The summed E-state index contributed by atoms with van der Waals surface area (Å²) in [6.45, 7) is 0.379. The van der Waals surface area contributed by atoms with Crippen LogP contribution in [0.2, 0.25) is 0 Å². The fourth-order valence-electron chi connectivity index (χ4n) is 3.50. The molecule has 2 N–H and O–H groups in total. The molecule has 2 amide bonds. The number of nitrogens with zero attached hydrogens (tertiary/aromatic N) is 1. The van der Waals surface area contributed by atoms with Crippen molar-refractivity contribution in [2.24, 2.45) is 0 Å². The van der Waals surface area contributed by atoms with Gasteiger partial charge in [-0.15, -0.1) is 0 Å². The van der Waals surface area contributed by atoms with E-state index in [0.29, 0.717) is 12.1 Å². The fourth-order valence-corrected chi connectivity index (χ4v) is 3.50. The summed E-state index contributed by atoms with van der Waals surface area (Å²) in [6.07, 6.45) is 0. The first-order chi connectivity index (χ1) is 15.5. The van der Waals surface area contributed by atoms with Gasteiger partial charge in [-0.3, -0.25) is 9.59 Å². The molecule has 6 nitrogen and oxygen atoms in total. The van der Waals surface area contributed by atoms with Crippen LogP contribution in [-0.2, 0) is 4.79 Å². The van der Waals surface area contributed by atoms with Gasteiger partial charge in [-0.25, -0.2) is 0 Å². The molecule has 0 saturated carbocycles. The third kappa shape index (κ3) is 5.95. The van der Waals surface area contributed by atoms with Crippen LogP contribution in [0.25, 0.3) is 0 Å². The second-order valence-electron chi connectivity index (χ2n) is 7.68. The van der Waals surface area contributed by atoms with Crippen LogP contribution in [-0.4, -0.2) is 44.5 Å². The van der Waals surface area contributed by atoms with Crippen molar-refractivity contribution in [2.75, 3.05) is 27.7 Å². The number of rotatable bonds is 9. The van der Waals surface area contributed by atoms with Crippen LogP contribution in [0.3, 0.4) is 0 Å². The predicted octanol–water partition coefficient (Wildman–Crippen LogP) is 3.59. The van der Waals surface area contributed by atoms with Crippen LogP contribution >= 0.6 is 0 Å². The molecule has 3 aromatic rings. The number of nitrogens with one attached hydrogen (secondary N) is 2. The number of methoxy groups -OCH3 is 1. The minimum Gasteiger partial charge on any atom is -0.497 e. The van der Waals surface area contributed by atoms with Gasteiger partial charge in [0.2, 0.25) is 5.91 Å². The number of carbonyl (C=O) groups excluding carboxylic acids is 2. The number of amides is 2. The SMILES string of the molecule is COc1cccc(C(CNC(=O)C(NC(=O)c2ccccc2)c2ccccc2)N(C)C)c1. The summed E-state index contributed by atoms with van der Waals surface area (Å²) in [7, 11) is 5.55. The highest BCUT2D eigenvalue weighted by molar-refractivity contribution is 5.97. The zero-order valence-corrected chi connectivity index (χ0v) is 18.6. The first-order valence-corrected chi connectivity index (χ1v) is 10.5. The number of hydrogen-bond donors (Lipinski definition) is 2. The highest BCUT2D eigenvalue weighted by atomic mass is 16.5. The van der Waals surface area contributed by atoms with Gasteiger partial charge in [0.1, 0.15) is 11.8 Å². The Labute approximate surface area is 189 Å². The maximum absolute atomic E-state index is 13.2. The van der Waals surface area contributed by atoms with E-state index in [1.54, 1.807) is 31.4 Å². The molecule has 3 rings (SSSR count). The Morgan fingerprint density at radius 2 is 1.50 bits per heavy atom. The zero-order chi connectivity index (χ0) is 22.9. The molecule has 0 radical (unpaired) electrons. The van der Waals surface area contributed by atoms with Crippen LogP contribution in [0, 0.1) is 0 Å². The zero-order valence-electron chi connectivity index (χ0n) is 18.6. The summed E-state index contributed by atoms with van der Waals surface area (Å²) >= 11 is 0. The lowest BCUT2D eigenvalue weighted by Gasteiger charge is -2.27. The molecule has 0 heterocycles. The van der Waals surface area contributed by atoms with Crippen LogP contribution < -0.4 is 15.4 Å². The molecule has 0 aliphatic heterocycles. The number of benzene rings is 3. The summed E-state index contributed by atoms with van der Waals surface area (Å²) < 4.78 is 5.34. The number of carbonyl (C=O) groups is 2. The smallest absolute Gasteiger partial charge is 0.252 e. The summed E-state index contributed by atoms with van der Waals surface area (Å²) in [4.78, 5) is 28.0. The van der Waals surface area contributed by atoms with Gasteiger partial charge in [-0.1, -0.05) is 60.7 Å². The first kappa shape index (κ1) is 23.0. The van der Waals surface area contributed by atoms with E-state index in [-0.39, 0.29) is 17.9 Å². The Kier molecular flexibility index (Phi) is 8.00. The van der Waals surface area contributed by atoms with Crippen molar-refractivity contribution in [1.82, 2.24) is 15.5 Å². The van der Waals surface area contributed by atoms with Crippen LogP contribution in [0.5, 0.6) is 5.75 Å². The molecule has 0 bridgehead atoms. The predicted molar refractivity (Wildman–Crippen MR) is 126 cm³/mol. The Morgan fingerprint density at radius 1 is 0.875 bits per heavy atom.